The van der Waals surface area contributed by atoms with Gasteiger partial charge >= 0.3 is 0 Å². The zero-order valence-electron chi connectivity index (χ0n) is 14.4. The number of hydrogen-bond acceptors (Lipinski definition) is 3. The van der Waals surface area contributed by atoms with E-state index in [1.807, 2.05) is 7.05 Å². The Kier molecular flexibility index (Phi) is 8.40. The topological polar surface area (TPSA) is 24.5 Å². The van der Waals surface area contributed by atoms with Gasteiger partial charge in [0.05, 0.1) is 6.61 Å². The summed E-state index contributed by atoms with van der Waals surface area (Å²) >= 11 is 0. The molecule has 3 heteroatoms. The number of nitrogens with one attached hydrogen (secondary N) is 1. The first-order chi connectivity index (χ1) is 10.2. The van der Waals surface area contributed by atoms with E-state index in [1.54, 1.807) is 0 Å². The number of nitrogens with zero attached hydrogens (tertiary/aromatic N) is 1. The van der Waals surface area contributed by atoms with Crippen molar-refractivity contribution in [3.63, 3.8) is 0 Å². The lowest BCUT2D eigenvalue weighted by Crippen LogP contribution is -2.37. The van der Waals surface area contributed by atoms with E-state index in [9.17, 15) is 0 Å². The van der Waals surface area contributed by atoms with Crippen molar-refractivity contribution in [3.05, 3.63) is 29.8 Å². The number of benzene rings is 1. The van der Waals surface area contributed by atoms with Crippen molar-refractivity contribution in [2.75, 3.05) is 27.2 Å². The fourth-order valence-electron chi connectivity index (χ4n) is 2.73. The molecule has 1 unspecified atom stereocenters. The highest BCUT2D eigenvalue weighted by Crippen LogP contribution is 2.20. The number of hydrogen-bond donors (Lipinski definition) is 1. The molecule has 1 rings (SSSR count). The van der Waals surface area contributed by atoms with Gasteiger partial charge in [-0.3, -0.25) is 0 Å². The van der Waals surface area contributed by atoms with Crippen LogP contribution in [0.3, 0.4) is 0 Å². The van der Waals surface area contributed by atoms with E-state index < -0.39 is 0 Å². The largest absolute Gasteiger partial charge is 0.494 e. The maximum Gasteiger partial charge on any atom is 0.119 e. The molecule has 1 N–H and O–H groups in total. The van der Waals surface area contributed by atoms with Gasteiger partial charge in [0.2, 0.25) is 0 Å². The van der Waals surface area contributed by atoms with Gasteiger partial charge in [0, 0.05) is 18.6 Å². The third-order valence-corrected chi connectivity index (χ3v) is 4.14. The van der Waals surface area contributed by atoms with Gasteiger partial charge in [0.1, 0.15) is 5.75 Å². The summed E-state index contributed by atoms with van der Waals surface area (Å²) in [5.41, 5.74) is 1.32. The fraction of sp³-hybridized carbons (Fsp3) is 0.667. The monoisotopic (exact) mass is 292 g/mol. The molecule has 1 aromatic carbocycles. The number of ether oxygens (including phenoxy) is 1. The highest BCUT2D eigenvalue weighted by Gasteiger charge is 2.16. The Morgan fingerprint density at radius 1 is 1.10 bits per heavy atom. The highest BCUT2D eigenvalue weighted by molar-refractivity contribution is 5.29. The van der Waals surface area contributed by atoms with Crippen LogP contribution in [0.25, 0.3) is 0 Å². The Balaban J connectivity index is 2.66. The lowest BCUT2D eigenvalue weighted by atomic mass is 10.0. The minimum absolute atomic E-state index is 0.357. The van der Waals surface area contributed by atoms with E-state index in [4.69, 9.17) is 4.74 Å². The third kappa shape index (κ3) is 5.68. The lowest BCUT2D eigenvalue weighted by Gasteiger charge is -2.30. The van der Waals surface area contributed by atoms with Crippen LogP contribution in [-0.4, -0.2) is 38.2 Å². The van der Waals surface area contributed by atoms with Crippen molar-refractivity contribution < 1.29 is 4.74 Å². The summed E-state index contributed by atoms with van der Waals surface area (Å²) in [7, 11) is 4.26. The van der Waals surface area contributed by atoms with Gasteiger partial charge in [-0.05, 0) is 51.1 Å². The summed E-state index contributed by atoms with van der Waals surface area (Å²) in [6, 6.07) is 9.52. The Bertz CT molecular complexity index is 373. The Morgan fingerprint density at radius 3 is 2.19 bits per heavy atom. The number of likely N-dealkylation sites (N-methyl/N-ethyl adjacent to an activating group) is 2. The minimum atomic E-state index is 0.357. The molecule has 0 saturated heterocycles. The molecular formula is C18H32N2O. The van der Waals surface area contributed by atoms with Crippen LogP contribution in [0.2, 0.25) is 0 Å². The van der Waals surface area contributed by atoms with Crippen LogP contribution < -0.4 is 10.1 Å². The molecule has 0 aliphatic carbocycles. The molecule has 0 aliphatic heterocycles. The van der Waals surface area contributed by atoms with Crippen molar-refractivity contribution in [1.29, 1.82) is 0 Å². The molecular weight excluding hydrogens is 260 g/mol. The molecule has 3 nitrogen and oxygen atoms in total. The van der Waals surface area contributed by atoms with Crippen LogP contribution in [-0.2, 0) is 0 Å². The second-order valence-electron chi connectivity index (χ2n) is 5.67. The highest BCUT2D eigenvalue weighted by atomic mass is 16.5. The molecule has 0 radical (unpaired) electrons. The van der Waals surface area contributed by atoms with Crippen LogP contribution in [0, 0.1) is 0 Å². The molecule has 0 spiro atoms. The van der Waals surface area contributed by atoms with Gasteiger partial charge in [-0.1, -0.05) is 32.9 Å². The van der Waals surface area contributed by atoms with E-state index in [0.717, 1.165) is 25.3 Å². The molecule has 21 heavy (non-hydrogen) atoms. The molecule has 1 aromatic rings. The summed E-state index contributed by atoms with van der Waals surface area (Å²) in [6.45, 7) is 8.46. The number of rotatable bonds is 10. The normalized spacial score (nSPS) is 12.9. The Labute approximate surface area is 130 Å². The standard InChI is InChI=1S/C18H32N2O/c1-6-13-21-17-11-9-15(10-12-17)18(19-4)14-20(5)16(7-2)8-3/h9-12,16,18-19H,6-8,13-14H2,1-5H3. The van der Waals surface area contributed by atoms with Crippen LogP contribution in [0.5, 0.6) is 5.75 Å². The van der Waals surface area contributed by atoms with Crippen molar-refractivity contribution in [3.8, 4) is 5.75 Å². The Morgan fingerprint density at radius 2 is 1.71 bits per heavy atom. The molecule has 0 fully saturated rings. The third-order valence-electron chi connectivity index (χ3n) is 4.14. The van der Waals surface area contributed by atoms with Gasteiger partial charge in [0.25, 0.3) is 0 Å². The minimum Gasteiger partial charge on any atom is -0.494 e. The molecule has 120 valence electrons. The zero-order valence-corrected chi connectivity index (χ0v) is 14.4. The summed E-state index contributed by atoms with van der Waals surface area (Å²) < 4.78 is 5.65. The molecule has 0 bridgehead atoms. The molecule has 1 atom stereocenters. The molecule has 0 amide bonds. The van der Waals surface area contributed by atoms with E-state index in [0.29, 0.717) is 12.1 Å². The van der Waals surface area contributed by atoms with Gasteiger partial charge in [0.15, 0.2) is 0 Å². The summed E-state index contributed by atoms with van der Waals surface area (Å²) in [4.78, 5) is 2.46. The molecule has 0 saturated carbocycles. The van der Waals surface area contributed by atoms with E-state index in [1.165, 1.54) is 18.4 Å². The maximum absolute atomic E-state index is 5.65. The van der Waals surface area contributed by atoms with Gasteiger partial charge in [-0.15, -0.1) is 0 Å². The zero-order chi connectivity index (χ0) is 15.7. The van der Waals surface area contributed by atoms with Crippen molar-refractivity contribution in [2.24, 2.45) is 0 Å². The second-order valence-corrected chi connectivity index (χ2v) is 5.67. The quantitative estimate of drug-likeness (QED) is 0.709. The van der Waals surface area contributed by atoms with Crippen LogP contribution >= 0.6 is 0 Å². The van der Waals surface area contributed by atoms with Gasteiger partial charge < -0.3 is 15.0 Å². The predicted molar refractivity (Wildman–Crippen MR) is 91.0 cm³/mol. The van der Waals surface area contributed by atoms with E-state index in [-0.39, 0.29) is 0 Å². The summed E-state index contributed by atoms with van der Waals surface area (Å²) in [6.07, 6.45) is 3.45. The van der Waals surface area contributed by atoms with Crippen molar-refractivity contribution in [1.82, 2.24) is 10.2 Å². The lowest BCUT2D eigenvalue weighted by molar-refractivity contribution is 0.209. The smallest absolute Gasteiger partial charge is 0.119 e. The first kappa shape index (κ1) is 18.0. The molecule has 0 heterocycles. The second kappa shape index (κ2) is 9.80. The van der Waals surface area contributed by atoms with Crippen LogP contribution in [0.1, 0.15) is 51.6 Å². The van der Waals surface area contributed by atoms with E-state index in [2.05, 4.69) is 62.3 Å². The average molecular weight is 292 g/mol. The first-order valence-corrected chi connectivity index (χ1v) is 8.26. The van der Waals surface area contributed by atoms with Crippen LogP contribution in [0.15, 0.2) is 24.3 Å². The van der Waals surface area contributed by atoms with E-state index >= 15 is 0 Å². The maximum atomic E-state index is 5.65. The fourth-order valence-corrected chi connectivity index (χ4v) is 2.73. The molecule has 0 aliphatic rings. The van der Waals surface area contributed by atoms with Crippen molar-refractivity contribution in [2.45, 2.75) is 52.1 Å². The Hall–Kier alpha value is -1.06. The van der Waals surface area contributed by atoms with Gasteiger partial charge in [-0.25, -0.2) is 0 Å². The average Bonchev–Trinajstić information content (AvgIpc) is 2.52. The summed E-state index contributed by atoms with van der Waals surface area (Å²) in [5, 5.41) is 3.43. The van der Waals surface area contributed by atoms with Crippen molar-refractivity contribution >= 4 is 0 Å². The SMILES string of the molecule is CCCOc1ccc(C(CN(C)C(CC)CC)NC)cc1. The molecule has 0 aromatic heterocycles. The van der Waals surface area contributed by atoms with Crippen LogP contribution in [0.4, 0.5) is 0 Å². The first-order valence-electron chi connectivity index (χ1n) is 8.26. The van der Waals surface area contributed by atoms with Gasteiger partial charge in [-0.2, -0.15) is 0 Å². The predicted octanol–water partition coefficient (Wildman–Crippen LogP) is 3.86. The summed E-state index contributed by atoms with van der Waals surface area (Å²) in [5.74, 6) is 0.962.